The molecule has 6 atom stereocenters. The molecule has 0 N–H and O–H groups in total. The number of carbonyl (C=O) groups excluding carboxylic acids is 4. The highest BCUT2D eigenvalue weighted by Gasteiger charge is 2.45. The maximum absolute atomic E-state index is 10.5. The first kappa shape index (κ1) is 132. The normalized spacial score (nSPS) is 21.6. The third kappa shape index (κ3) is 82.2. The van der Waals surface area contributed by atoms with Gasteiger partial charge in [0.25, 0.3) is 0 Å². The smallest absolute Gasteiger partial charge is 0.335 e. The summed E-state index contributed by atoms with van der Waals surface area (Å²) in [5, 5.41) is 0. The van der Waals surface area contributed by atoms with Gasteiger partial charge >= 0.3 is 23.9 Å². The molecule has 10 saturated heterocycles. The summed E-state index contributed by atoms with van der Waals surface area (Å²) >= 11 is 0. The van der Waals surface area contributed by atoms with Gasteiger partial charge in [-0.05, 0) is 102 Å². The van der Waals surface area contributed by atoms with Crippen LogP contribution in [0.15, 0.2) is 62.3 Å². The van der Waals surface area contributed by atoms with Crippen LogP contribution in [0.3, 0.4) is 0 Å². The Balaban J connectivity index is -0.000000423. The van der Waals surface area contributed by atoms with Crippen molar-refractivity contribution in [1.29, 1.82) is 0 Å². The van der Waals surface area contributed by atoms with E-state index in [9.17, 15) is 19.2 Å². The Kier molecular flexibility index (Phi) is 88.0. The molecule has 10 aliphatic heterocycles. The minimum absolute atomic E-state index is 0.00146. The van der Waals surface area contributed by atoms with Crippen molar-refractivity contribution in [3.05, 3.63) is 62.3 Å². The summed E-state index contributed by atoms with van der Waals surface area (Å²) in [4.78, 5) is 41.1. The molecule has 0 aromatic heterocycles. The monoisotopic (exact) mass is 1860 g/mol. The van der Waals surface area contributed by atoms with Gasteiger partial charge in [0.1, 0.15) is 68.6 Å². The van der Waals surface area contributed by atoms with E-state index in [1.54, 1.807) is 76.4 Å². The highest BCUT2D eigenvalue weighted by molar-refractivity contribution is 5.87. The van der Waals surface area contributed by atoms with Gasteiger partial charge in [-0.25, -0.2) is 19.2 Å². The van der Waals surface area contributed by atoms with Crippen LogP contribution in [0.1, 0.15) is 143 Å². The molecule has 0 radical (unpaired) electrons. The molecule has 0 spiro atoms. The number of hydrogen-bond donors (Lipinski definition) is 0. The van der Waals surface area contributed by atoms with E-state index in [1.807, 2.05) is 41.5 Å². The first-order valence-corrected chi connectivity index (χ1v) is 43.8. The lowest BCUT2D eigenvalue weighted by Crippen LogP contribution is -2.45. The van der Waals surface area contributed by atoms with E-state index in [-0.39, 0.29) is 53.3 Å². The summed E-state index contributed by atoms with van der Waals surface area (Å²) < 4.78 is 157. The Morgan fingerprint density at radius 3 is 0.898 bits per heavy atom. The highest BCUT2D eigenvalue weighted by atomic mass is 16.7. The van der Waals surface area contributed by atoms with E-state index in [4.69, 9.17) is 109 Å². The van der Waals surface area contributed by atoms with Gasteiger partial charge < -0.3 is 152 Å². The molecule has 0 aromatic rings. The molecule has 0 bridgehead atoms. The van der Waals surface area contributed by atoms with E-state index in [2.05, 4.69) is 124 Å². The van der Waals surface area contributed by atoms with Gasteiger partial charge in [0.05, 0.1) is 178 Å². The molecule has 36 nitrogen and oxygen atoms in total. The minimum atomic E-state index is -0.466. The second-order valence-corrected chi connectivity index (χ2v) is 31.2. The van der Waals surface area contributed by atoms with Crippen LogP contribution in [0.25, 0.3) is 0 Å². The number of esters is 4. The molecule has 0 aliphatic carbocycles. The minimum Gasteiger partial charge on any atom is -0.463 e. The van der Waals surface area contributed by atoms with E-state index in [0.717, 1.165) is 203 Å². The summed E-state index contributed by atoms with van der Waals surface area (Å²) in [7, 11) is 12.6. The topological polar surface area (TPSA) is 383 Å². The summed E-state index contributed by atoms with van der Waals surface area (Å²) in [5.41, 5.74) is 2.31. The SMILES string of the molecule is C=C(C)C(=O)OCC.C=C(C)C(=O)OCOC.C=CC(=O)OCC.C=CC(=O)OCOC.C=CCOC.CCC1(COCOC)CO1.CCC1(COCOC)COC1.CCOCC1(C)CO1.CCOCC1(C)COC1.CCOCC1(CC)CO1.CCOCC1(CC)COC1.CCOCC1CO1.COCOCC1(C)CO1.COCOCC1(C)COC1.COCOCC1CO1. The first-order chi connectivity index (χ1) is 61.1. The molecule has 6 unspecified atom stereocenters. The van der Waals surface area contributed by atoms with Crippen molar-refractivity contribution in [3.8, 4) is 0 Å². The maximum atomic E-state index is 10.5. The van der Waals surface area contributed by atoms with Gasteiger partial charge in [0, 0.05) is 135 Å². The van der Waals surface area contributed by atoms with E-state index < -0.39 is 11.9 Å². The molecular weight excluding hydrogens is 1680 g/mol. The zero-order chi connectivity index (χ0) is 97.8. The van der Waals surface area contributed by atoms with Gasteiger partial charge in [-0.2, -0.15) is 0 Å². The van der Waals surface area contributed by atoms with Crippen molar-refractivity contribution in [3.63, 3.8) is 0 Å². The van der Waals surface area contributed by atoms with E-state index in [0.29, 0.717) is 113 Å². The summed E-state index contributed by atoms with van der Waals surface area (Å²) in [6.45, 7) is 77.3. The molecule has 36 heteroatoms. The highest BCUT2D eigenvalue weighted by Crippen LogP contribution is 2.34. The van der Waals surface area contributed by atoms with Crippen LogP contribution in [0.4, 0.5) is 0 Å². The lowest BCUT2D eigenvalue weighted by Gasteiger charge is -2.40. The average Bonchev–Trinajstić information content (AvgIpc) is 1.71. The molecule has 10 rings (SSSR count). The van der Waals surface area contributed by atoms with Crippen molar-refractivity contribution >= 4 is 23.9 Å². The number of rotatable bonds is 51. The molecule has 0 amide bonds. The fraction of sp³-hybridized carbons (Fsp3) is 0.848. The Bertz CT molecular complexity index is 2580. The van der Waals surface area contributed by atoms with Gasteiger partial charge in [0.2, 0.25) is 0 Å². The van der Waals surface area contributed by atoms with Crippen LogP contribution < -0.4 is 0 Å². The van der Waals surface area contributed by atoms with Crippen LogP contribution in [0, 0.1) is 21.7 Å². The zero-order valence-corrected chi connectivity index (χ0v) is 83.5. The largest absolute Gasteiger partial charge is 0.463 e. The predicted molar refractivity (Wildman–Crippen MR) is 484 cm³/mol. The second-order valence-electron chi connectivity index (χ2n) is 31.2. The van der Waals surface area contributed by atoms with Crippen molar-refractivity contribution < 1.29 is 171 Å². The summed E-state index contributed by atoms with van der Waals surface area (Å²) in [6.07, 6.45) is 9.11. The van der Waals surface area contributed by atoms with Crippen molar-refractivity contribution in [2.24, 2.45) is 21.7 Å². The van der Waals surface area contributed by atoms with Crippen LogP contribution in [0.5, 0.6) is 0 Å². The third-order valence-corrected chi connectivity index (χ3v) is 17.8. The van der Waals surface area contributed by atoms with Crippen molar-refractivity contribution in [2.75, 3.05) is 316 Å². The van der Waals surface area contributed by atoms with Crippen molar-refractivity contribution in [1.82, 2.24) is 0 Å². The standard InChI is InChI=1S/C8H16O3.C8H16O2.2C7H14O3.2C7H14O2.C6H12O3.C6H10O3.C6H12O2.C6H10O2.C5H10O3.C5H8O3.C5H10O2.C5H8O2.C4H8O/c1-3-8(4-10-5-8)6-11-7-9-2;1-3-8(5-9-4-2)6-10-7-8;1-7(3-9-4-7)5-10-6-8-2;1-3-7(5-10-7)4-9-6-8-2;1-3-8-4-7(2)5-9-6-7;1-3-7(6-9-7)5-8-4-2;1-6(4-9-6)3-8-5-7-2;1-5(2)6(7)9-4-8-3;1-3-7-4-6(2)5-8-6;1-4-8-6(7)5(2)3;1-6-4-7-2-5-3-8-5;1-3-5(6)8-4-7-2;1-2-6-3-5-4-7-5;1-3-5(6)7-4-2;1-3-4-5-2/h3-7H2,1-2H3;3-7H2,1-2H3;2*3-6H2,1-2H3;2*3-6H2,1-2H3;3-5H2,1-2H3;1,4H2,2-3H3;3-5H2,1-2H3;2,4H2,1,3H3;5H,2-4H2,1H3;3H,1,4H2,2H3;5H,2-4H2,1H3;3H,1,4H2,2H3;3H,1,4H2,2H3. The molecule has 10 heterocycles. The molecule has 760 valence electrons. The van der Waals surface area contributed by atoms with Gasteiger partial charge in [0.15, 0.2) is 13.6 Å². The number of methoxy groups -OCH3 is 8. The van der Waals surface area contributed by atoms with E-state index >= 15 is 0 Å². The Morgan fingerprint density at radius 1 is 0.328 bits per heavy atom. The summed E-state index contributed by atoms with van der Waals surface area (Å²) in [6, 6.07) is 0. The molecule has 128 heavy (non-hydrogen) atoms. The average molecular weight is 1860 g/mol. The van der Waals surface area contributed by atoms with Gasteiger partial charge in [-0.1, -0.05) is 73.9 Å². The quantitative estimate of drug-likeness (QED) is 0.0104. The Labute approximate surface area is 769 Å². The van der Waals surface area contributed by atoms with Crippen LogP contribution in [-0.2, 0) is 171 Å². The fourth-order valence-electron chi connectivity index (χ4n) is 8.49. The predicted octanol–water partition coefficient (Wildman–Crippen LogP) is 11.5. The first-order valence-electron chi connectivity index (χ1n) is 43.8. The Morgan fingerprint density at radius 2 is 0.625 bits per heavy atom. The number of ether oxygens (including phenoxy) is 32. The molecular formula is C92H176O36. The number of epoxide rings is 6. The van der Waals surface area contributed by atoms with E-state index in [1.165, 1.54) is 20.6 Å². The Hall–Kier alpha value is -4.54. The lowest BCUT2D eigenvalue weighted by molar-refractivity contribution is -0.169. The number of carbonyl (C=O) groups is 4. The number of hydrogen-bond acceptors (Lipinski definition) is 36. The molecule has 0 aromatic carbocycles. The van der Waals surface area contributed by atoms with Crippen LogP contribution in [0.2, 0.25) is 0 Å². The molecule has 10 fully saturated rings. The van der Waals surface area contributed by atoms with Crippen LogP contribution >= 0.6 is 0 Å². The van der Waals surface area contributed by atoms with Gasteiger partial charge in [-0.3, -0.25) is 0 Å². The fourth-order valence-corrected chi connectivity index (χ4v) is 8.49. The summed E-state index contributed by atoms with van der Waals surface area (Å²) in [5.74, 6) is -1.56. The zero-order valence-electron chi connectivity index (χ0n) is 83.5. The lowest BCUT2D eigenvalue weighted by atomic mass is 9.84. The maximum Gasteiger partial charge on any atom is 0.335 e. The molecule has 10 aliphatic rings. The molecule has 0 saturated carbocycles. The van der Waals surface area contributed by atoms with Gasteiger partial charge in [-0.15, -0.1) is 6.58 Å². The van der Waals surface area contributed by atoms with Crippen molar-refractivity contribution in [2.45, 2.75) is 178 Å². The second kappa shape index (κ2) is 85.4. The third-order valence-electron chi connectivity index (χ3n) is 17.8. The van der Waals surface area contributed by atoms with Crippen LogP contribution in [-0.4, -0.2) is 374 Å².